The molecule has 0 atom stereocenters. The Kier molecular flexibility index (Phi) is 5.44. The van der Waals surface area contributed by atoms with E-state index in [9.17, 15) is 13.2 Å². The van der Waals surface area contributed by atoms with Crippen LogP contribution >= 0.6 is 0 Å². The smallest absolute Gasteiger partial charge is 0.384 e. The number of esters is 1. The maximum absolute atomic E-state index is 12.5. The van der Waals surface area contributed by atoms with E-state index in [4.69, 9.17) is 6.42 Å². The number of benzene rings is 2. The molecule has 0 fully saturated rings. The van der Waals surface area contributed by atoms with Gasteiger partial charge in [0.2, 0.25) is 10.0 Å². The Bertz CT molecular complexity index is 898. The zero-order chi connectivity index (χ0) is 17.7. The van der Waals surface area contributed by atoms with Crippen LogP contribution in [0.5, 0.6) is 0 Å². The highest BCUT2D eigenvalue weighted by atomic mass is 32.2. The minimum Gasteiger partial charge on any atom is -0.455 e. The van der Waals surface area contributed by atoms with Gasteiger partial charge in [-0.15, -0.1) is 6.42 Å². The summed E-state index contributed by atoms with van der Waals surface area (Å²) < 4.78 is 32.1. The minimum atomic E-state index is -3.75. The van der Waals surface area contributed by atoms with E-state index in [1.807, 2.05) is 37.2 Å². The molecule has 0 spiro atoms. The van der Waals surface area contributed by atoms with Gasteiger partial charge in [0.15, 0.2) is 0 Å². The van der Waals surface area contributed by atoms with Crippen molar-refractivity contribution in [3.63, 3.8) is 0 Å². The van der Waals surface area contributed by atoms with Gasteiger partial charge in [-0.05, 0) is 12.1 Å². The van der Waals surface area contributed by atoms with Crippen molar-refractivity contribution >= 4 is 32.5 Å². The number of nitrogens with one attached hydrogen (secondary N) is 1. The van der Waals surface area contributed by atoms with Crippen molar-refractivity contribution in [3.05, 3.63) is 36.4 Å². The van der Waals surface area contributed by atoms with Crippen LogP contribution in [0.1, 0.15) is 0 Å². The van der Waals surface area contributed by atoms with Crippen molar-refractivity contribution in [2.75, 3.05) is 32.1 Å². The molecule has 0 aliphatic rings. The summed E-state index contributed by atoms with van der Waals surface area (Å²) in [5.41, 5.74) is 0.924. The monoisotopic (exact) mass is 346 g/mol. The largest absolute Gasteiger partial charge is 0.455 e. The molecule has 0 heterocycles. The molecule has 1 N–H and O–H groups in total. The van der Waals surface area contributed by atoms with Gasteiger partial charge in [-0.1, -0.05) is 24.3 Å². The summed E-state index contributed by atoms with van der Waals surface area (Å²) >= 11 is 0. The van der Waals surface area contributed by atoms with Gasteiger partial charge >= 0.3 is 5.97 Å². The standard InChI is InChI=1S/C17H18N2O4S/c1-4-17(20)23-12-11-18-24(21,22)16-10-6-7-13-14(16)8-5-9-15(13)19(2)3/h1,5-10,18H,11-12H2,2-3H3. The van der Waals surface area contributed by atoms with Gasteiger partial charge in [0.05, 0.1) is 4.90 Å². The molecular formula is C17H18N2O4S. The van der Waals surface area contributed by atoms with Crippen molar-refractivity contribution in [2.45, 2.75) is 4.90 Å². The van der Waals surface area contributed by atoms with E-state index in [1.165, 1.54) is 6.07 Å². The van der Waals surface area contributed by atoms with Crippen LogP contribution in [0.25, 0.3) is 10.8 Å². The number of rotatable bonds is 6. The fourth-order valence-electron chi connectivity index (χ4n) is 2.33. The number of fused-ring (bicyclic) bond motifs is 1. The predicted octanol–water partition coefficient (Wildman–Crippen LogP) is 1.36. The molecule has 7 heteroatoms. The Hall–Kier alpha value is -2.56. The number of hydrogen-bond acceptors (Lipinski definition) is 5. The summed E-state index contributed by atoms with van der Waals surface area (Å²) in [6.07, 6.45) is 4.86. The summed E-state index contributed by atoms with van der Waals surface area (Å²) in [6, 6.07) is 10.6. The molecule has 0 radical (unpaired) electrons. The SMILES string of the molecule is C#CC(=O)OCCNS(=O)(=O)c1cccc2c(N(C)C)cccc12. The molecule has 0 bridgehead atoms. The summed E-state index contributed by atoms with van der Waals surface area (Å²) in [7, 11) is 0.0482. The van der Waals surface area contributed by atoms with Gasteiger partial charge in [0, 0.05) is 43.0 Å². The molecule has 0 amide bonds. The molecule has 2 rings (SSSR count). The molecule has 0 unspecified atom stereocenters. The highest BCUT2D eigenvalue weighted by Gasteiger charge is 2.18. The van der Waals surface area contributed by atoms with E-state index in [1.54, 1.807) is 18.1 Å². The van der Waals surface area contributed by atoms with Crippen molar-refractivity contribution in [1.29, 1.82) is 0 Å². The van der Waals surface area contributed by atoms with E-state index < -0.39 is 16.0 Å². The number of sulfonamides is 1. The topological polar surface area (TPSA) is 75.7 Å². The second-order valence-electron chi connectivity index (χ2n) is 5.20. The van der Waals surface area contributed by atoms with Gasteiger partial charge in [0.1, 0.15) is 6.61 Å². The number of terminal acetylenes is 1. The van der Waals surface area contributed by atoms with Gasteiger partial charge in [-0.25, -0.2) is 17.9 Å². The van der Waals surface area contributed by atoms with Crippen molar-refractivity contribution < 1.29 is 17.9 Å². The summed E-state index contributed by atoms with van der Waals surface area (Å²) in [5, 5.41) is 1.46. The Morgan fingerprint density at radius 3 is 2.54 bits per heavy atom. The van der Waals surface area contributed by atoms with Crippen molar-refractivity contribution in [3.8, 4) is 12.3 Å². The lowest BCUT2D eigenvalue weighted by molar-refractivity contribution is -0.136. The third-order valence-electron chi connectivity index (χ3n) is 3.38. The minimum absolute atomic E-state index is 0.0560. The molecule has 24 heavy (non-hydrogen) atoms. The molecule has 0 saturated carbocycles. The second kappa shape index (κ2) is 7.34. The maximum Gasteiger partial charge on any atom is 0.384 e. The Morgan fingerprint density at radius 2 is 1.88 bits per heavy atom. The van der Waals surface area contributed by atoms with Gasteiger partial charge in [-0.3, -0.25) is 0 Å². The molecular weight excluding hydrogens is 328 g/mol. The van der Waals surface area contributed by atoms with Crippen LogP contribution in [0.4, 0.5) is 5.69 Å². The third kappa shape index (κ3) is 3.85. The van der Waals surface area contributed by atoms with E-state index in [-0.39, 0.29) is 18.0 Å². The van der Waals surface area contributed by atoms with Crippen LogP contribution in [-0.2, 0) is 19.6 Å². The van der Waals surface area contributed by atoms with Crippen LogP contribution in [-0.4, -0.2) is 41.6 Å². The molecule has 2 aromatic rings. The number of carbonyl (C=O) groups excluding carboxylic acids is 1. The number of hydrogen-bond donors (Lipinski definition) is 1. The molecule has 6 nitrogen and oxygen atoms in total. The van der Waals surface area contributed by atoms with E-state index in [0.29, 0.717) is 5.39 Å². The van der Waals surface area contributed by atoms with Crippen LogP contribution in [0.15, 0.2) is 41.3 Å². The number of nitrogens with zero attached hydrogens (tertiary/aromatic N) is 1. The van der Waals surface area contributed by atoms with E-state index >= 15 is 0 Å². The first-order valence-electron chi connectivity index (χ1n) is 7.19. The van der Waals surface area contributed by atoms with E-state index in [2.05, 4.69) is 9.46 Å². The van der Waals surface area contributed by atoms with Crippen molar-refractivity contribution in [1.82, 2.24) is 4.72 Å². The lowest BCUT2D eigenvalue weighted by atomic mass is 10.1. The Labute approximate surface area is 141 Å². The molecule has 0 aliphatic carbocycles. The molecule has 0 aromatic heterocycles. The molecule has 2 aromatic carbocycles. The van der Waals surface area contributed by atoms with Crippen LogP contribution < -0.4 is 9.62 Å². The summed E-state index contributed by atoms with van der Waals surface area (Å²) in [6.45, 7) is -0.185. The van der Waals surface area contributed by atoms with Crippen molar-refractivity contribution in [2.24, 2.45) is 0 Å². The normalized spacial score (nSPS) is 11.0. The Morgan fingerprint density at radius 1 is 1.21 bits per heavy atom. The van der Waals surface area contributed by atoms with Gasteiger partial charge < -0.3 is 9.64 Å². The molecule has 126 valence electrons. The molecule has 0 aliphatic heterocycles. The average Bonchev–Trinajstić information content (AvgIpc) is 2.57. The van der Waals surface area contributed by atoms with Crippen LogP contribution in [0.3, 0.4) is 0 Å². The Balaban J connectivity index is 2.29. The number of carbonyl (C=O) groups is 1. The summed E-state index contributed by atoms with van der Waals surface area (Å²) in [4.78, 5) is 12.9. The first-order chi connectivity index (χ1) is 11.4. The third-order valence-corrected chi connectivity index (χ3v) is 4.89. The lowest BCUT2D eigenvalue weighted by Crippen LogP contribution is -2.28. The summed E-state index contributed by atoms with van der Waals surface area (Å²) in [5.74, 6) is 0.968. The number of ether oxygens (including phenoxy) is 1. The second-order valence-corrected chi connectivity index (χ2v) is 6.94. The molecule has 0 saturated heterocycles. The lowest BCUT2D eigenvalue weighted by Gasteiger charge is -2.17. The first kappa shape index (κ1) is 17.8. The first-order valence-corrected chi connectivity index (χ1v) is 8.67. The quantitative estimate of drug-likeness (QED) is 0.370. The fraction of sp³-hybridized carbons (Fsp3) is 0.235. The fourth-order valence-corrected chi connectivity index (χ4v) is 3.56. The van der Waals surface area contributed by atoms with Crippen LogP contribution in [0.2, 0.25) is 0 Å². The average molecular weight is 346 g/mol. The highest BCUT2D eigenvalue weighted by molar-refractivity contribution is 7.89. The predicted molar refractivity (Wildman–Crippen MR) is 93.3 cm³/mol. The zero-order valence-electron chi connectivity index (χ0n) is 13.4. The highest BCUT2D eigenvalue weighted by Crippen LogP contribution is 2.29. The van der Waals surface area contributed by atoms with E-state index in [0.717, 1.165) is 11.1 Å². The zero-order valence-corrected chi connectivity index (χ0v) is 14.3. The maximum atomic E-state index is 12.5. The van der Waals surface area contributed by atoms with Crippen LogP contribution in [0, 0.1) is 12.3 Å². The van der Waals surface area contributed by atoms with Gasteiger partial charge in [0.25, 0.3) is 0 Å². The number of anilines is 1. The van der Waals surface area contributed by atoms with Gasteiger partial charge in [-0.2, -0.15) is 0 Å².